The van der Waals surface area contributed by atoms with Crippen LogP contribution in [0.5, 0.6) is 0 Å². The fourth-order valence-electron chi connectivity index (χ4n) is 2.59. The lowest BCUT2D eigenvalue weighted by Crippen LogP contribution is -2.33. The number of hydrogen-bond acceptors (Lipinski definition) is 2. The molecule has 2 N–H and O–H groups in total. The summed E-state index contributed by atoms with van der Waals surface area (Å²) in [6.45, 7) is 2.04. The van der Waals surface area contributed by atoms with Crippen LogP contribution < -0.4 is 10.6 Å². The lowest BCUT2D eigenvalue weighted by molar-refractivity contribution is -0.116. The highest BCUT2D eigenvalue weighted by molar-refractivity contribution is 9.10. The Bertz CT molecular complexity index is 684. The third kappa shape index (κ3) is 3.10. The highest BCUT2D eigenvalue weighted by Crippen LogP contribution is 2.25. The number of halogens is 1. The van der Waals surface area contributed by atoms with E-state index in [1.807, 2.05) is 43.3 Å². The van der Waals surface area contributed by atoms with E-state index in [1.165, 1.54) is 5.56 Å². The van der Waals surface area contributed by atoms with E-state index in [1.54, 1.807) is 0 Å². The molecule has 0 aliphatic carbocycles. The molecule has 3 nitrogen and oxygen atoms in total. The van der Waals surface area contributed by atoms with Crippen molar-refractivity contribution in [3.05, 3.63) is 58.1 Å². The molecule has 1 aliphatic rings. The second-order valence-corrected chi connectivity index (χ2v) is 6.26. The molecule has 1 heterocycles. The van der Waals surface area contributed by atoms with Crippen LogP contribution in [0.2, 0.25) is 0 Å². The molecule has 0 radical (unpaired) electrons. The van der Waals surface area contributed by atoms with Crippen molar-refractivity contribution in [3.8, 4) is 0 Å². The second-order valence-electron chi connectivity index (χ2n) is 5.34. The molecular formula is C17H17BrN2O. The summed E-state index contributed by atoms with van der Waals surface area (Å²) >= 11 is 3.47. The molecule has 0 saturated heterocycles. The van der Waals surface area contributed by atoms with E-state index >= 15 is 0 Å². The molecule has 0 aromatic heterocycles. The van der Waals surface area contributed by atoms with Crippen LogP contribution in [0.25, 0.3) is 0 Å². The molecule has 3 rings (SSSR count). The molecule has 2 aromatic rings. The molecule has 0 fully saturated rings. The molecular weight excluding hydrogens is 328 g/mol. The normalized spacial score (nSPS) is 17.6. The quantitative estimate of drug-likeness (QED) is 0.860. The van der Waals surface area contributed by atoms with E-state index in [2.05, 4.69) is 32.6 Å². The lowest BCUT2D eigenvalue weighted by atomic mass is 10.1. The van der Waals surface area contributed by atoms with E-state index in [-0.39, 0.29) is 11.9 Å². The zero-order valence-electron chi connectivity index (χ0n) is 11.8. The zero-order chi connectivity index (χ0) is 14.8. The van der Waals surface area contributed by atoms with Gasteiger partial charge in [0.25, 0.3) is 0 Å². The zero-order valence-corrected chi connectivity index (χ0v) is 13.4. The van der Waals surface area contributed by atoms with Crippen molar-refractivity contribution in [2.24, 2.45) is 0 Å². The van der Waals surface area contributed by atoms with Gasteiger partial charge in [-0.15, -0.1) is 0 Å². The Labute approximate surface area is 132 Å². The summed E-state index contributed by atoms with van der Waals surface area (Å²) in [6, 6.07) is 13.8. The van der Waals surface area contributed by atoms with Crippen LogP contribution in [0.3, 0.4) is 0 Å². The maximum absolute atomic E-state index is 12.4. The predicted octanol–water partition coefficient (Wildman–Crippen LogP) is 4.12. The van der Waals surface area contributed by atoms with Gasteiger partial charge in [0.2, 0.25) is 5.91 Å². The maximum Gasteiger partial charge on any atom is 0.246 e. The van der Waals surface area contributed by atoms with E-state index in [0.717, 1.165) is 34.3 Å². The van der Waals surface area contributed by atoms with Gasteiger partial charge in [-0.3, -0.25) is 4.79 Å². The molecule has 4 heteroatoms. The van der Waals surface area contributed by atoms with Crippen molar-refractivity contribution >= 4 is 33.2 Å². The Hall–Kier alpha value is -1.81. The molecule has 1 amide bonds. The van der Waals surface area contributed by atoms with Gasteiger partial charge in [-0.1, -0.05) is 40.2 Å². The van der Waals surface area contributed by atoms with Gasteiger partial charge in [0, 0.05) is 15.8 Å². The minimum absolute atomic E-state index is 0.0272. The summed E-state index contributed by atoms with van der Waals surface area (Å²) in [6.07, 6.45) is 1.68. The summed E-state index contributed by atoms with van der Waals surface area (Å²) in [5.41, 5.74) is 4.25. The number of aryl methyl sites for hydroxylation is 2. The van der Waals surface area contributed by atoms with Crippen LogP contribution in [-0.4, -0.2) is 11.9 Å². The smallest absolute Gasteiger partial charge is 0.246 e. The Morgan fingerprint density at radius 1 is 1.24 bits per heavy atom. The van der Waals surface area contributed by atoms with Crippen molar-refractivity contribution in [2.75, 3.05) is 10.6 Å². The molecule has 0 bridgehead atoms. The SMILES string of the molecule is Cc1ccc(Br)cc1NC1CCc2ccccc2NC1=O. The summed E-state index contributed by atoms with van der Waals surface area (Å²) in [5.74, 6) is 0.0272. The number of rotatable bonds is 2. The van der Waals surface area contributed by atoms with E-state index in [0.29, 0.717) is 0 Å². The van der Waals surface area contributed by atoms with Crippen LogP contribution >= 0.6 is 15.9 Å². The number of amides is 1. The van der Waals surface area contributed by atoms with E-state index in [4.69, 9.17) is 0 Å². The monoisotopic (exact) mass is 344 g/mol. The topological polar surface area (TPSA) is 41.1 Å². The number of nitrogens with one attached hydrogen (secondary N) is 2. The molecule has 21 heavy (non-hydrogen) atoms. The van der Waals surface area contributed by atoms with Gasteiger partial charge in [-0.05, 0) is 49.1 Å². The van der Waals surface area contributed by atoms with Crippen molar-refractivity contribution < 1.29 is 4.79 Å². The van der Waals surface area contributed by atoms with Crippen LogP contribution in [0.4, 0.5) is 11.4 Å². The molecule has 0 saturated carbocycles. The number of carbonyl (C=O) groups is 1. The lowest BCUT2D eigenvalue weighted by Gasteiger charge is -2.18. The van der Waals surface area contributed by atoms with Gasteiger partial charge in [0.05, 0.1) is 0 Å². The molecule has 2 aromatic carbocycles. The van der Waals surface area contributed by atoms with Crippen LogP contribution in [-0.2, 0) is 11.2 Å². The maximum atomic E-state index is 12.4. The standard InChI is InChI=1S/C17H17BrN2O/c1-11-6-8-13(18)10-16(11)19-15-9-7-12-4-2-3-5-14(12)20-17(15)21/h2-6,8,10,15,19H,7,9H2,1H3,(H,20,21). The largest absolute Gasteiger partial charge is 0.373 e. The number of carbonyl (C=O) groups excluding carboxylic acids is 1. The average molecular weight is 345 g/mol. The minimum atomic E-state index is -0.217. The Balaban J connectivity index is 1.81. The summed E-state index contributed by atoms with van der Waals surface area (Å²) < 4.78 is 1.01. The fraction of sp³-hybridized carbons (Fsp3) is 0.235. The van der Waals surface area contributed by atoms with Gasteiger partial charge in [-0.2, -0.15) is 0 Å². The first-order chi connectivity index (χ1) is 10.1. The molecule has 1 atom stereocenters. The number of benzene rings is 2. The summed E-state index contributed by atoms with van der Waals surface area (Å²) in [7, 11) is 0. The number of anilines is 2. The Kier molecular flexibility index (Phi) is 3.97. The van der Waals surface area contributed by atoms with Gasteiger partial charge in [0.1, 0.15) is 6.04 Å². The number of hydrogen-bond donors (Lipinski definition) is 2. The fourth-order valence-corrected chi connectivity index (χ4v) is 2.95. The average Bonchev–Trinajstić information content (AvgIpc) is 2.62. The first-order valence-electron chi connectivity index (χ1n) is 7.05. The molecule has 1 unspecified atom stereocenters. The predicted molar refractivity (Wildman–Crippen MR) is 89.7 cm³/mol. The van der Waals surface area contributed by atoms with Crippen molar-refractivity contribution in [1.29, 1.82) is 0 Å². The summed E-state index contributed by atoms with van der Waals surface area (Å²) in [4.78, 5) is 12.4. The van der Waals surface area contributed by atoms with Gasteiger partial charge in [0.15, 0.2) is 0 Å². The van der Waals surface area contributed by atoms with Gasteiger partial charge < -0.3 is 10.6 Å². The Morgan fingerprint density at radius 2 is 2.05 bits per heavy atom. The first-order valence-corrected chi connectivity index (χ1v) is 7.84. The third-order valence-electron chi connectivity index (χ3n) is 3.82. The third-order valence-corrected chi connectivity index (χ3v) is 4.32. The number of para-hydroxylation sites is 1. The molecule has 108 valence electrons. The minimum Gasteiger partial charge on any atom is -0.373 e. The van der Waals surface area contributed by atoms with E-state index in [9.17, 15) is 4.79 Å². The van der Waals surface area contributed by atoms with Gasteiger partial charge >= 0.3 is 0 Å². The second kappa shape index (κ2) is 5.90. The van der Waals surface area contributed by atoms with E-state index < -0.39 is 0 Å². The van der Waals surface area contributed by atoms with Crippen LogP contribution in [0.1, 0.15) is 17.5 Å². The van der Waals surface area contributed by atoms with Gasteiger partial charge in [-0.25, -0.2) is 0 Å². The van der Waals surface area contributed by atoms with Crippen LogP contribution in [0, 0.1) is 6.92 Å². The number of fused-ring (bicyclic) bond motifs is 1. The molecule has 1 aliphatic heterocycles. The highest BCUT2D eigenvalue weighted by atomic mass is 79.9. The summed E-state index contributed by atoms with van der Waals surface area (Å²) in [5, 5.41) is 6.39. The molecule has 0 spiro atoms. The first kappa shape index (κ1) is 14.1. The van der Waals surface area contributed by atoms with Crippen molar-refractivity contribution in [1.82, 2.24) is 0 Å². The highest BCUT2D eigenvalue weighted by Gasteiger charge is 2.23. The van der Waals surface area contributed by atoms with Crippen molar-refractivity contribution in [2.45, 2.75) is 25.8 Å². The van der Waals surface area contributed by atoms with Crippen molar-refractivity contribution in [3.63, 3.8) is 0 Å². The Morgan fingerprint density at radius 3 is 2.90 bits per heavy atom. The van der Waals surface area contributed by atoms with Crippen LogP contribution in [0.15, 0.2) is 46.9 Å².